The molecule has 0 unspecified atom stereocenters. The summed E-state index contributed by atoms with van der Waals surface area (Å²) in [6, 6.07) is 0. The van der Waals surface area contributed by atoms with Crippen LogP contribution in [0.25, 0.3) is 0 Å². The zero-order chi connectivity index (χ0) is 8.53. The van der Waals surface area contributed by atoms with Crippen LogP contribution < -0.4 is 0 Å². The van der Waals surface area contributed by atoms with Gasteiger partial charge in [-0.2, -0.15) is 12.5 Å². The number of rotatable bonds is 2. The van der Waals surface area contributed by atoms with Gasteiger partial charge in [0, 0.05) is 21.1 Å². The maximum absolute atomic E-state index is 3.68. The summed E-state index contributed by atoms with van der Waals surface area (Å²) in [4.78, 5) is 0. The second kappa shape index (κ2) is 23.8. The predicted molar refractivity (Wildman–Crippen MR) is 70.3 cm³/mol. The smallest absolute Gasteiger partial charge is 0 e. The summed E-state index contributed by atoms with van der Waals surface area (Å²) >= 11 is 0. The minimum atomic E-state index is 0. The topological polar surface area (TPSA) is 0 Å². The Morgan fingerprint density at radius 2 is 1.87 bits per heavy atom. The molecule has 0 heterocycles. The summed E-state index contributed by atoms with van der Waals surface area (Å²) in [5.74, 6) is 0. The number of hydrogen-bond acceptors (Lipinski definition) is 0. The first-order chi connectivity index (χ1) is 5.31. The van der Waals surface area contributed by atoms with Crippen molar-refractivity contribution >= 4 is 0 Å². The maximum atomic E-state index is 3.68. The van der Waals surface area contributed by atoms with Crippen molar-refractivity contribution in [3.05, 3.63) is 53.0 Å². The van der Waals surface area contributed by atoms with Gasteiger partial charge in [-0.25, -0.2) is 11.6 Å². The van der Waals surface area contributed by atoms with Gasteiger partial charge in [0.25, 0.3) is 0 Å². The molecule has 0 aromatic rings. The number of hydrogen-bond donors (Lipinski definition) is 0. The van der Waals surface area contributed by atoms with Crippen molar-refractivity contribution < 1.29 is 21.1 Å². The van der Waals surface area contributed by atoms with Crippen LogP contribution in [-0.4, -0.2) is 0 Å². The zero-order valence-electron chi connectivity index (χ0n) is 11.0. The van der Waals surface area contributed by atoms with Crippen LogP contribution in [-0.2, 0) is 21.1 Å². The molecular weight excluding hydrogens is 363 g/mol. The molecule has 0 saturated heterocycles. The summed E-state index contributed by atoms with van der Waals surface area (Å²) in [5.41, 5.74) is 1.27. The molecule has 0 atom stereocenters. The second-order valence-electron chi connectivity index (χ2n) is 2.67. The van der Waals surface area contributed by atoms with E-state index in [-0.39, 0.29) is 43.3 Å². The molecule has 0 amide bonds. The van der Waals surface area contributed by atoms with Gasteiger partial charge in [0.15, 0.2) is 0 Å². The molecule has 0 N–H and O–H groups in total. The van der Waals surface area contributed by atoms with E-state index in [0.29, 0.717) is 0 Å². The molecular formula is C14H27Pt-5. The van der Waals surface area contributed by atoms with E-state index < -0.39 is 0 Å². The van der Waals surface area contributed by atoms with Gasteiger partial charge in [0.2, 0.25) is 0 Å². The van der Waals surface area contributed by atoms with Crippen LogP contribution in [0.5, 0.6) is 0 Å². The van der Waals surface area contributed by atoms with E-state index in [1.807, 2.05) is 0 Å². The summed E-state index contributed by atoms with van der Waals surface area (Å²) in [5, 5.41) is 0. The molecule has 0 aliphatic heterocycles. The van der Waals surface area contributed by atoms with Gasteiger partial charge in [-0.3, -0.25) is 6.08 Å². The Labute approximate surface area is 114 Å². The molecule has 0 bridgehead atoms. The molecule has 1 aliphatic carbocycles. The molecule has 0 radical (unpaired) electrons. The normalized spacial score (nSPS) is 10.2. The van der Waals surface area contributed by atoms with Crippen molar-refractivity contribution in [2.24, 2.45) is 0 Å². The van der Waals surface area contributed by atoms with Gasteiger partial charge >= 0.3 is 0 Å². The van der Waals surface area contributed by atoms with Crippen LogP contribution in [0, 0.1) is 35.3 Å². The third kappa shape index (κ3) is 25.0. The molecule has 0 saturated carbocycles. The second-order valence-corrected chi connectivity index (χ2v) is 2.67. The largest absolute Gasteiger partial charge is 0.358 e. The molecule has 1 heteroatoms. The monoisotopic (exact) mass is 390 g/mol. The SMILES string of the molecule is CC1=[C-]CC=C1.[CH2-]CCCC.[CH3-].[CH3-].[CH3-].[Pt]. The number of allylic oxidation sites excluding steroid dienone is 4. The summed E-state index contributed by atoms with van der Waals surface area (Å²) in [6.45, 7) is 7.91. The van der Waals surface area contributed by atoms with Crippen molar-refractivity contribution in [3.63, 3.8) is 0 Å². The van der Waals surface area contributed by atoms with Gasteiger partial charge in [-0.15, -0.1) is 6.42 Å². The first-order valence-corrected chi connectivity index (χ1v) is 4.34. The Balaban J connectivity index is -0.0000000356. The van der Waals surface area contributed by atoms with Gasteiger partial charge < -0.3 is 29.2 Å². The van der Waals surface area contributed by atoms with E-state index in [1.165, 1.54) is 18.4 Å². The third-order valence-electron chi connectivity index (χ3n) is 1.47. The predicted octanol–water partition coefficient (Wildman–Crippen LogP) is 5.05. The maximum Gasteiger partial charge on any atom is 0 e. The summed E-state index contributed by atoms with van der Waals surface area (Å²) in [7, 11) is 0. The van der Waals surface area contributed by atoms with Crippen LogP contribution in [0.2, 0.25) is 0 Å². The molecule has 0 nitrogen and oxygen atoms in total. The van der Waals surface area contributed by atoms with Crippen molar-refractivity contribution in [1.82, 2.24) is 0 Å². The molecule has 0 spiro atoms. The number of unbranched alkanes of at least 4 members (excludes halogenated alkanes) is 2. The van der Waals surface area contributed by atoms with Crippen LogP contribution >= 0.6 is 0 Å². The Hall–Kier alpha value is 0.168. The van der Waals surface area contributed by atoms with Crippen LogP contribution in [0.15, 0.2) is 17.7 Å². The van der Waals surface area contributed by atoms with Crippen LogP contribution in [0.4, 0.5) is 0 Å². The zero-order valence-corrected chi connectivity index (χ0v) is 13.3. The Morgan fingerprint density at radius 3 is 1.93 bits per heavy atom. The van der Waals surface area contributed by atoms with E-state index in [4.69, 9.17) is 0 Å². The molecule has 0 aromatic heterocycles. The van der Waals surface area contributed by atoms with E-state index in [1.54, 1.807) is 0 Å². The molecule has 98 valence electrons. The van der Waals surface area contributed by atoms with Crippen molar-refractivity contribution in [1.29, 1.82) is 0 Å². The summed E-state index contributed by atoms with van der Waals surface area (Å²) < 4.78 is 0. The van der Waals surface area contributed by atoms with Crippen molar-refractivity contribution in [2.45, 2.75) is 39.5 Å². The first kappa shape index (κ1) is 29.4. The average molecular weight is 390 g/mol. The minimum absolute atomic E-state index is 0. The Bertz CT molecular complexity index is 130. The first-order valence-electron chi connectivity index (χ1n) is 4.34. The van der Waals surface area contributed by atoms with Crippen molar-refractivity contribution in [2.75, 3.05) is 0 Å². The van der Waals surface area contributed by atoms with E-state index in [0.717, 1.165) is 12.8 Å². The van der Waals surface area contributed by atoms with Crippen molar-refractivity contribution in [3.8, 4) is 0 Å². The Morgan fingerprint density at radius 1 is 1.33 bits per heavy atom. The summed E-state index contributed by atoms with van der Waals surface area (Å²) in [6.07, 6.45) is 12.0. The fourth-order valence-corrected chi connectivity index (χ4v) is 0.765. The van der Waals surface area contributed by atoms with E-state index in [9.17, 15) is 0 Å². The van der Waals surface area contributed by atoms with E-state index in [2.05, 4.69) is 39.0 Å². The standard InChI is InChI=1S/C6H7.C5H11.3CH3.Pt/c1-6-4-2-3-5-6;1-3-5-4-2;;;;/h2,4H,3H2,1H3;1,3-5H2,2H3;3*1H3;/q5*-1;. The van der Waals surface area contributed by atoms with Gasteiger partial charge in [-0.05, 0) is 0 Å². The van der Waals surface area contributed by atoms with Crippen LogP contribution in [0.3, 0.4) is 0 Å². The molecule has 15 heavy (non-hydrogen) atoms. The Kier molecular flexibility index (Phi) is 46.7. The third-order valence-corrected chi connectivity index (χ3v) is 1.47. The molecule has 0 aromatic carbocycles. The molecule has 0 fully saturated rings. The quantitative estimate of drug-likeness (QED) is 0.579. The fraction of sp³-hybridized carbons (Fsp3) is 0.429. The molecule has 1 rings (SSSR count). The minimum Gasteiger partial charge on any atom is -0.358 e. The average Bonchev–Trinajstić information content (AvgIpc) is 2.43. The van der Waals surface area contributed by atoms with Gasteiger partial charge in [0.05, 0.1) is 0 Å². The molecule has 1 aliphatic rings. The van der Waals surface area contributed by atoms with Gasteiger partial charge in [-0.1, -0.05) is 26.7 Å². The fourth-order valence-electron chi connectivity index (χ4n) is 0.765. The van der Waals surface area contributed by atoms with Crippen LogP contribution in [0.1, 0.15) is 39.5 Å². The van der Waals surface area contributed by atoms with E-state index >= 15 is 0 Å². The van der Waals surface area contributed by atoms with Gasteiger partial charge in [0.1, 0.15) is 0 Å².